The molecule has 0 radical (unpaired) electrons. The van der Waals surface area contributed by atoms with Crippen molar-refractivity contribution in [2.45, 2.75) is 27.2 Å². The number of morpholine rings is 1. The van der Waals surface area contributed by atoms with Crippen LogP contribution in [-0.4, -0.2) is 50.8 Å². The van der Waals surface area contributed by atoms with Gasteiger partial charge in [0.2, 0.25) is 0 Å². The van der Waals surface area contributed by atoms with Crippen LogP contribution < -0.4 is 5.32 Å². The van der Waals surface area contributed by atoms with Gasteiger partial charge in [0, 0.05) is 26.2 Å². The lowest BCUT2D eigenvalue weighted by Crippen LogP contribution is -2.40. The minimum atomic E-state index is 0.450. The first kappa shape index (κ1) is 12.9. The summed E-state index contributed by atoms with van der Waals surface area (Å²) in [6.45, 7) is 14.3. The molecule has 0 atom stereocenters. The fourth-order valence-corrected chi connectivity index (χ4v) is 1.65. The fraction of sp³-hybridized carbons (Fsp3) is 1.00. The molecule has 1 aliphatic rings. The van der Waals surface area contributed by atoms with E-state index in [4.69, 9.17) is 4.74 Å². The summed E-state index contributed by atoms with van der Waals surface area (Å²) >= 11 is 0. The van der Waals surface area contributed by atoms with Crippen molar-refractivity contribution in [1.82, 2.24) is 10.2 Å². The minimum Gasteiger partial charge on any atom is -0.379 e. The normalized spacial score (nSPS) is 19.4. The van der Waals surface area contributed by atoms with Crippen LogP contribution in [0.3, 0.4) is 0 Å². The molecule has 0 spiro atoms. The SMILES string of the molecule is CC(C)(C)CCNCCN1CCOCC1. The van der Waals surface area contributed by atoms with Gasteiger partial charge in [-0.05, 0) is 18.4 Å². The Balaban J connectivity index is 1.92. The molecule has 3 heteroatoms. The van der Waals surface area contributed by atoms with Crippen LogP contribution in [0.5, 0.6) is 0 Å². The number of hydrogen-bond acceptors (Lipinski definition) is 3. The highest BCUT2D eigenvalue weighted by Gasteiger charge is 2.10. The van der Waals surface area contributed by atoms with Crippen LogP contribution in [0.1, 0.15) is 27.2 Å². The average Bonchev–Trinajstić information content (AvgIpc) is 2.17. The predicted octanol–water partition coefficient (Wildman–Crippen LogP) is 1.34. The molecule has 0 aliphatic carbocycles. The van der Waals surface area contributed by atoms with E-state index in [-0.39, 0.29) is 0 Å². The molecule has 0 unspecified atom stereocenters. The van der Waals surface area contributed by atoms with Crippen LogP contribution in [0.25, 0.3) is 0 Å². The maximum atomic E-state index is 5.31. The van der Waals surface area contributed by atoms with Gasteiger partial charge >= 0.3 is 0 Å². The van der Waals surface area contributed by atoms with Crippen LogP contribution in [-0.2, 0) is 4.74 Å². The van der Waals surface area contributed by atoms with Gasteiger partial charge in [0.25, 0.3) is 0 Å². The Morgan fingerprint density at radius 2 is 1.80 bits per heavy atom. The van der Waals surface area contributed by atoms with E-state index in [1.165, 1.54) is 6.42 Å². The van der Waals surface area contributed by atoms with Gasteiger partial charge in [-0.15, -0.1) is 0 Å². The third-order valence-electron chi connectivity index (χ3n) is 2.76. The molecule has 1 saturated heterocycles. The highest BCUT2D eigenvalue weighted by molar-refractivity contribution is 4.66. The number of nitrogens with one attached hydrogen (secondary N) is 1. The second kappa shape index (κ2) is 6.46. The molecule has 1 fully saturated rings. The molecule has 3 nitrogen and oxygen atoms in total. The van der Waals surface area contributed by atoms with Crippen molar-refractivity contribution in [3.05, 3.63) is 0 Å². The lowest BCUT2D eigenvalue weighted by atomic mass is 9.92. The maximum absolute atomic E-state index is 5.31. The van der Waals surface area contributed by atoms with Crippen LogP contribution in [0.4, 0.5) is 0 Å². The molecule has 0 aromatic rings. The van der Waals surface area contributed by atoms with Gasteiger partial charge in [0.1, 0.15) is 0 Å². The molecule has 0 aromatic heterocycles. The second-order valence-corrected chi connectivity index (χ2v) is 5.51. The Morgan fingerprint density at radius 1 is 1.13 bits per heavy atom. The average molecular weight is 214 g/mol. The van der Waals surface area contributed by atoms with Gasteiger partial charge in [-0.1, -0.05) is 20.8 Å². The van der Waals surface area contributed by atoms with Crippen molar-refractivity contribution in [2.24, 2.45) is 5.41 Å². The van der Waals surface area contributed by atoms with Crippen molar-refractivity contribution >= 4 is 0 Å². The summed E-state index contributed by atoms with van der Waals surface area (Å²) < 4.78 is 5.31. The number of hydrogen-bond donors (Lipinski definition) is 1. The molecule has 1 heterocycles. The van der Waals surface area contributed by atoms with Crippen LogP contribution in [0.15, 0.2) is 0 Å². The minimum absolute atomic E-state index is 0.450. The van der Waals surface area contributed by atoms with Crippen LogP contribution in [0, 0.1) is 5.41 Å². The molecule has 15 heavy (non-hydrogen) atoms. The predicted molar refractivity (Wildman–Crippen MR) is 64.2 cm³/mol. The summed E-state index contributed by atoms with van der Waals surface area (Å²) in [6.07, 6.45) is 1.25. The van der Waals surface area contributed by atoms with Crippen molar-refractivity contribution < 1.29 is 4.74 Å². The first-order chi connectivity index (χ1) is 7.08. The van der Waals surface area contributed by atoms with E-state index in [1.807, 2.05) is 0 Å². The lowest BCUT2D eigenvalue weighted by molar-refractivity contribution is 0.0384. The summed E-state index contributed by atoms with van der Waals surface area (Å²) in [5, 5.41) is 3.51. The third kappa shape index (κ3) is 6.88. The quantitative estimate of drug-likeness (QED) is 0.699. The first-order valence-electron chi connectivity index (χ1n) is 6.09. The van der Waals surface area contributed by atoms with Gasteiger partial charge in [-0.3, -0.25) is 4.90 Å². The van der Waals surface area contributed by atoms with E-state index in [9.17, 15) is 0 Å². The van der Waals surface area contributed by atoms with Crippen LogP contribution in [0.2, 0.25) is 0 Å². The topological polar surface area (TPSA) is 24.5 Å². The first-order valence-corrected chi connectivity index (χ1v) is 6.09. The van der Waals surface area contributed by atoms with Gasteiger partial charge < -0.3 is 10.1 Å². The van der Waals surface area contributed by atoms with Crippen molar-refractivity contribution in [3.63, 3.8) is 0 Å². The van der Waals surface area contributed by atoms with Crippen LogP contribution >= 0.6 is 0 Å². The third-order valence-corrected chi connectivity index (χ3v) is 2.76. The molecule has 1 aliphatic heterocycles. The zero-order valence-electron chi connectivity index (χ0n) is 10.5. The van der Waals surface area contributed by atoms with E-state index in [0.717, 1.165) is 45.9 Å². The maximum Gasteiger partial charge on any atom is 0.0594 e. The Kier molecular flexibility index (Phi) is 5.58. The van der Waals surface area contributed by atoms with Gasteiger partial charge in [0.05, 0.1) is 13.2 Å². The van der Waals surface area contributed by atoms with E-state index >= 15 is 0 Å². The van der Waals surface area contributed by atoms with Gasteiger partial charge in [0.15, 0.2) is 0 Å². The number of rotatable bonds is 5. The van der Waals surface area contributed by atoms with Gasteiger partial charge in [-0.2, -0.15) is 0 Å². The van der Waals surface area contributed by atoms with Crippen molar-refractivity contribution in [3.8, 4) is 0 Å². The summed E-state index contributed by atoms with van der Waals surface area (Å²) in [6, 6.07) is 0. The molecule has 0 aromatic carbocycles. The molecule has 0 bridgehead atoms. The molecule has 1 N–H and O–H groups in total. The summed E-state index contributed by atoms with van der Waals surface area (Å²) in [7, 11) is 0. The van der Waals surface area contributed by atoms with Crippen molar-refractivity contribution in [2.75, 3.05) is 45.9 Å². The van der Waals surface area contributed by atoms with E-state index in [2.05, 4.69) is 31.0 Å². The number of nitrogens with zero attached hydrogens (tertiary/aromatic N) is 1. The molecule has 0 amide bonds. The summed E-state index contributed by atoms with van der Waals surface area (Å²) in [5.74, 6) is 0. The molecule has 90 valence electrons. The Morgan fingerprint density at radius 3 is 2.40 bits per heavy atom. The van der Waals surface area contributed by atoms with Crippen molar-refractivity contribution in [1.29, 1.82) is 0 Å². The number of ether oxygens (including phenoxy) is 1. The highest BCUT2D eigenvalue weighted by atomic mass is 16.5. The zero-order valence-corrected chi connectivity index (χ0v) is 10.5. The Hall–Kier alpha value is -0.120. The van der Waals surface area contributed by atoms with E-state index in [1.54, 1.807) is 0 Å². The van der Waals surface area contributed by atoms with Gasteiger partial charge in [-0.25, -0.2) is 0 Å². The standard InChI is InChI=1S/C12H26N2O/c1-12(2,3)4-5-13-6-7-14-8-10-15-11-9-14/h13H,4-11H2,1-3H3. The summed E-state index contributed by atoms with van der Waals surface area (Å²) in [5.41, 5.74) is 0.450. The summed E-state index contributed by atoms with van der Waals surface area (Å²) in [4.78, 5) is 2.47. The smallest absolute Gasteiger partial charge is 0.0594 e. The molecule has 1 rings (SSSR count). The fourth-order valence-electron chi connectivity index (χ4n) is 1.65. The second-order valence-electron chi connectivity index (χ2n) is 5.51. The lowest BCUT2D eigenvalue weighted by Gasteiger charge is -2.26. The largest absolute Gasteiger partial charge is 0.379 e. The zero-order chi connectivity index (χ0) is 11.1. The molecular formula is C12H26N2O. The Bertz CT molecular complexity index is 159. The monoisotopic (exact) mass is 214 g/mol. The molecule has 0 saturated carbocycles. The van der Waals surface area contributed by atoms with E-state index in [0.29, 0.717) is 5.41 Å². The molecular weight excluding hydrogens is 188 g/mol. The Labute approximate surface area is 94.2 Å². The highest BCUT2D eigenvalue weighted by Crippen LogP contribution is 2.16. The van der Waals surface area contributed by atoms with E-state index < -0.39 is 0 Å².